The summed E-state index contributed by atoms with van der Waals surface area (Å²) in [5, 5.41) is 1.76. The zero-order valence-corrected chi connectivity index (χ0v) is 13.3. The van der Waals surface area contributed by atoms with Gasteiger partial charge in [0.05, 0.1) is 18.7 Å². The molecule has 0 aliphatic carbocycles. The van der Waals surface area contributed by atoms with E-state index in [-0.39, 0.29) is 12.0 Å². The number of carbonyl (C=O) groups excluding carboxylic acids is 1. The molecule has 1 unspecified atom stereocenters. The molecule has 7 nitrogen and oxygen atoms in total. The van der Waals surface area contributed by atoms with Gasteiger partial charge in [-0.2, -0.15) is 0 Å². The summed E-state index contributed by atoms with van der Waals surface area (Å²) in [4.78, 5) is 28.9. The number of rotatable bonds is 3. The van der Waals surface area contributed by atoms with Crippen LogP contribution in [0.4, 0.5) is 5.82 Å². The second kappa shape index (κ2) is 6.37. The lowest BCUT2D eigenvalue weighted by molar-refractivity contribution is -0.0247. The molecule has 22 heavy (non-hydrogen) atoms. The topological polar surface area (TPSA) is 71.5 Å². The van der Waals surface area contributed by atoms with Gasteiger partial charge in [-0.15, -0.1) is 11.3 Å². The molecule has 0 spiro atoms. The molecule has 1 atom stereocenters. The summed E-state index contributed by atoms with van der Waals surface area (Å²) in [7, 11) is 3.82. The van der Waals surface area contributed by atoms with Crippen LogP contribution in [0.25, 0.3) is 0 Å². The van der Waals surface area contributed by atoms with Crippen molar-refractivity contribution in [3.8, 4) is 0 Å². The maximum absolute atomic E-state index is 12.4. The predicted octanol–water partition coefficient (Wildman–Crippen LogP) is 1.21. The van der Waals surface area contributed by atoms with E-state index in [0.717, 1.165) is 11.5 Å². The lowest BCUT2D eigenvalue weighted by Crippen LogP contribution is -2.43. The zero-order chi connectivity index (χ0) is 15.5. The highest BCUT2D eigenvalue weighted by Gasteiger charge is 2.29. The molecule has 3 heterocycles. The molecule has 0 radical (unpaired) electrons. The molecule has 2 aromatic rings. The maximum Gasteiger partial charge on any atom is 0.273 e. The van der Waals surface area contributed by atoms with Crippen LogP contribution in [0, 0.1) is 0 Å². The lowest BCUT2D eigenvalue weighted by atomic mass is 10.2. The van der Waals surface area contributed by atoms with Gasteiger partial charge in [-0.05, 0) is 0 Å². The number of anilines is 1. The van der Waals surface area contributed by atoms with Crippen LogP contribution in [0.1, 0.15) is 22.3 Å². The fraction of sp³-hybridized carbons (Fsp3) is 0.429. The fourth-order valence-electron chi connectivity index (χ4n) is 2.39. The second-order valence-corrected chi connectivity index (χ2v) is 5.86. The van der Waals surface area contributed by atoms with E-state index in [1.165, 1.54) is 11.3 Å². The van der Waals surface area contributed by atoms with E-state index in [0.29, 0.717) is 25.4 Å². The van der Waals surface area contributed by atoms with Gasteiger partial charge in [-0.25, -0.2) is 9.97 Å². The van der Waals surface area contributed by atoms with E-state index in [4.69, 9.17) is 4.74 Å². The first kappa shape index (κ1) is 14.9. The standard InChI is InChI=1S/C14H17N5O2S/c1-18(2)13-12(15-3-4-16-13)11-7-19(5-6-21-11)14(20)10-8-22-9-17-10/h3-4,8-9,11H,5-7H2,1-2H3. The van der Waals surface area contributed by atoms with Crippen molar-refractivity contribution < 1.29 is 9.53 Å². The smallest absolute Gasteiger partial charge is 0.273 e. The average Bonchev–Trinajstić information content (AvgIpc) is 3.08. The molecule has 1 aliphatic heterocycles. The van der Waals surface area contributed by atoms with Crippen LogP contribution in [0.5, 0.6) is 0 Å². The van der Waals surface area contributed by atoms with Gasteiger partial charge in [-0.3, -0.25) is 9.78 Å². The summed E-state index contributed by atoms with van der Waals surface area (Å²) in [6, 6.07) is 0. The fourth-order valence-corrected chi connectivity index (χ4v) is 2.92. The minimum atomic E-state index is -0.276. The Morgan fingerprint density at radius 3 is 2.91 bits per heavy atom. The third-order valence-electron chi connectivity index (χ3n) is 3.44. The van der Waals surface area contributed by atoms with E-state index in [9.17, 15) is 4.79 Å². The van der Waals surface area contributed by atoms with Gasteiger partial charge in [0.15, 0.2) is 5.82 Å². The summed E-state index contributed by atoms with van der Waals surface area (Å²) >= 11 is 1.42. The Morgan fingerprint density at radius 2 is 2.18 bits per heavy atom. The summed E-state index contributed by atoms with van der Waals surface area (Å²) < 4.78 is 5.81. The number of hydrogen-bond acceptors (Lipinski definition) is 7. The van der Waals surface area contributed by atoms with Gasteiger partial charge in [0.2, 0.25) is 0 Å². The Bertz CT molecular complexity index is 646. The quantitative estimate of drug-likeness (QED) is 0.847. The first-order valence-corrected chi connectivity index (χ1v) is 7.88. The Balaban J connectivity index is 1.80. The van der Waals surface area contributed by atoms with Gasteiger partial charge in [0.25, 0.3) is 5.91 Å². The van der Waals surface area contributed by atoms with E-state index in [1.807, 2.05) is 19.0 Å². The van der Waals surface area contributed by atoms with Crippen LogP contribution >= 0.6 is 11.3 Å². The number of ether oxygens (including phenoxy) is 1. The lowest BCUT2D eigenvalue weighted by Gasteiger charge is -2.33. The number of hydrogen-bond donors (Lipinski definition) is 0. The summed E-state index contributed by atoms with van der Waals surface area (Å²) in [5.41, 5.74) is 2.90. The average molecular weight is 319 g/mol. The van der Waals surface area contributed by atoms with Crippen LogP contribution in [0.2, 0.25) is 0 Å². The van der Waals surface area contributed by atoms with E-state index in [1.54, 1.807) is 28.2 Å². The molecular formula is C14H17N5O2S. The number of aromatic nitrogens is 3. The molecule has 0 bridgehead atoms. The number of morpholine rings is 1. The number of amides is 1. The summed E-state index contributed by atoms with van der Waals surface area (Å²) in [5.74, 6) is 0.695. The third-order valence-corrected chi connectivity index (χ3v) is 4.03. The molecular weight excluding hydrogens is 302 g/mol. The van der Waals surface area contributed by atoms with Crippen LogP contribution in [0.15, 0.2) is 23.3 Å². The SMILES string of the molecule is CN(C)c1nccnc1C1CN(C(=O)c2cscn2)CCO1. The summed E-state index contributed by atoms with van der Waals surface area (Å²) in [6.07, 6.45) is 3.02. The van der Waals surface area contributed by atoms with Crippen molar-refractivity contribution in [1.82, 2.24) is 19.9 Å². The van der Waals surface area contributed by atoms with Crippen molar-refractivity contribution in [3.05, 3.63) is 34.7 Å². The number of nitrogens with zero attached hydrogens (tertiary/aromatic N) is 5. The number of thiazole rings is 1. The van der Waals surface area contributed by atoms with Crippen molar-refractivity contribution in [1.29, 1.82) is 0 Å². The Morgan fingerprint density at radius 1 is 1.36 bits per heavy atom. The van der Waals surface area contributed by atoms with Gasteiger partial charge in [0, 0.05) is 38.4 Å². The van der Waals surface area contributed by atoms with Gasteiger partial charge in [0.1, 0.15) is 17.5 Å². The van der Waals surface area contributed by atoms with Crippen molar-refractivity contribution in [2.45, 2.75) is 6.10 Å². The van der Waals surface area contributed by atoms with Crippen molar-refractivity contribution >= 4 is 23.1 Å². The minimum absolute atomic E-state index is 0.0650. The largest absolute Gasteiger partial charge is 0.368 e. The molecule has 1 amide bonds. The van der Waals surface area contributed by atoms with Crippen molar-refractivity contribution in [2.75, 3.05) is 38.7 Å². The normalized spacial score (nSPS) is 18.3. The molecule has 8 heteroatoms. The second-order valence-electron chi connectivity index (χ2n) is 5.14. The molecule has 0 aromatic carbocycles. The van der Waals surface area contributed by atoms with Crippen molar-refractivity contribution in [3.63, 3.8) is 0 Å². The van der Waals surface area contributed by atoms with Gasteiger partial charge < -0.3 is 14.5 Å². The number of carbonyl (C=O) groups is 1. The van der Waals surface area contributed by atoms with Crippen LogP contribution < -0.4 is 4.90 Å². The Hall–Kier alpha value is -2.06. The Labute approximate surface area is 132 Å². The first-order chi connectivity index (χ1) is 10.7. The molecule has 1 fully saturated rings. The van der Waals surface area contributed by atoms with Gasteiger partial charge in [-0.1, -0.05) is 0 Å². The Kier molecular flexibility index (Phi) is 4.30. The highest BCUT2D eigenvalue weighted by Crippen LogP contribution is 2.27. The molecule has 1 saturated heterocycles. The molecule has 1 aliphatic rings. The molecule has 0 saturated carbocycles. The van der Waals surface area contributed by atoms with Crippen LogP contribution in [-0.2, 0) is 4.74 Å². The van der Waals surface area contributed by atoms with E-state index >= 15 is 0 Å². The molecule has 116 valence electrons. The predicted molar refractivity (Wildman–Crippen MR) is 83.1 cm³/mol. The molecule has 3 rings (SSSR count). The van der Waals surface area contributed by atoms with Gasteiger partial charge >= 0.3 is 0 Å². The highest BCUT2D eigenvalue weighted by molar-refractivity contribution is 7.07. The van der Waals surface area contributed by atoms with Crippen LogP contribution in [-0.4, -0.2) is 59.6 Å². The minimum Gasteiger partial charge on any atom is -0.368 e. The van der Waals surface area contributed by atoms with Crippen molar-refractivity contribution in [2.24, 2.45) is 0 Å². The van der Waals surface area contributed by atoms with E-state index in [2.05, 4.69) is 15.0 Å². The van der Waals surface area contributed by atoms with Crippen LogP contribution in [0.3, 0.4) is 0 Å². The summed E-state index contributed by atoms with van der Waals surface area (Å²) in [6.45, 7) is 1.49. The highest BCUT2D eigenvalue weighted by atomic mass is 32.1. The third kappa shape index (κ3) is 2.93. The zero-order valence-electron chi connectivity index (χ0n) is 12.5. The monoisotopic (exact) mass is 319 g/mol. The van der Waals surface area contributed by atoms with E-state index < -0.39 is 0 Å². The molecule has 2 aromatic heterocycles. The molecule has 0 N–H and O–H groups in total. The maximum atomic E-state index is 12.4. The first-order valence-electron chi connectivity index (χ1n) is 6.94.